The molecule has 0 aliphatic carbocycles. The molecule has 10 nitrogen and oxygen atoms in total. The van der Waals surface area contributed by atoms with E-state index in [0.29, 0.717) is 19.4 Å². The number of primary amides is 1. The van der Waals surface area contributed by atoms with Crippen molar-refractivity contribution >= 4 is 21.1 Å². The van der Waals surface area contributed by atoms with Gasteiger partial charge in [0.2, 0.25) is 5.91 Å². The van der Waals surface area contributed by atoms with Crippen molar-refractivity contribution in [1.82, 2.24) is 4.90 Å². The third-order valence-corrected chi connectivity index (χ3v) is 3.90. The van der Waals surface area contributed by atoms with E-state index >= 15 is 0 Å². The van der Waals surface area contributed by atoms with Gasteiger partial charge in [0.05, 0.1) is 6.04 Å². The van der Waals surface area contributed by atoms with Crippen molar-refractivity contribution in [2.75, 3.05) is 19.1 Å². The molecule has 0 unspecified atom stereocenters. The first-order valence-corrected chi connectivity index (χ1v) is 9.38. The molecule has 1 atom stereocenters. The van der Waals surface area contributed by atoms with E-state index in [0.717, 1.165) is 4.90 Å². The number of hydrogen-bond donors (Lipinski definition) is 6. The van der Waals surface area contributed by atoms with Crippen molar-refractivity contribution in [3.8, 4) is 0 Å². The van der Waals surface area contributed by atoms with Crippen LogP contribution in [0.25, 0.3) is 0 Å². The van der Waals surface area contributed by atoms with Crippen molar-refractivity contribution in [2.45, 2.75) is 25.3 Å². The number of nitrogens with two attached hydrogens (primary N) is 2. The Morgan fingerprint density at radius 2 is 1.50 bits per heavy atom. The van der Waals surface area contributed by atoms with Crippen molar-refractivity contribution in [2.24, 2.45) is 11.5 Å². The zero-order valence-corrected chi connectivity index (χ0v) is 12.6. The molecule has 12 heteroatoms. The molecule has 8 N–H and O–H groups in total. The highest BCUT2D eigenvalue weighted by Crippen LogP contribution is 2.42. The average molecular weight is 333 g/mol. The molecule has 120 valence electrons. The molecule has 0 saturated carbocycles. The van der Waals surface area contributed by atoms with E-state index < -0.39 is 39.7 Å². The molecule has 0 radical (unpaired) electrons. The van der Waals surface area contributed by atoms with Crippen LogP contribution in [0.3, 0.4) is 0 Å². The summed E-state index contributed by atoms with van der Waals surface area (Å²) in [6, 6.07) is -1.17. The standard InChI is InChI=1S/C8H21N3O7P2/c9-4-2-1-3-7(8(10)12)11(5-19(13,14)15)6-20(16,17)18/h7H,1-6,9H2,(H2,10,12)(H2,13,14,15)(H2,16,17,18)/t7-/m0/s1. The number of hydrogen-bond acceptors (Lipinski definition) is 5. The van der Waals surface area contributed by atoms with Crippen molar-refractivity contribution < 1.29 is 33.5 Å². The molecule has 0 aromatic heterocycles. The zero-order valence-electron chi connectivity index (χ0n) is 10.8. The first-order chi connectivity index (χ1) is 8.96. The van der Waals surface area contributed by atoms with Crippen molar-refractivity contribution in [3.63, 3.8) is 0 Å². The molecule has 0 aliphatic heterocycles. The molecule has 0 spiro atoms. The minimum atomic E-state index is -4.59. The van der Waals surface area contributed by atoms with Crippen molar-refractivity contribution in [1.29, 1.82) is 0 Å². The summed E-state index contributed by atoms with van der Waals surface area (Å²) in [5.74, 6) is -0.899. The third-order valence-electron chi connectivity index (χ3n) is 2.43. The van der Waals surface area contributed by atoms with E-state index in [-0.39, 0.29) is 6.42 Å². The third kappa shape index (κ3) is 9.57. The second-order valence-electron chi connectivity index (χ2n) is 4.40. The highest BCUT2D eigenvalue weighted by molar-refractivity contribution is 7.52. The van der Waals surface area contributed by atoms with Crippen LogP contribution in [-0.4, -0.2) is 55.5 Å². The van der Waals surface area contributed by atoms with Gasteiger partial charge in [0.15, 0.2) is 0 Å². The Balaban J connectivity index is 5.04. The van der Waals surface area contributed by atoms with Crippen LogP contribution < -0.4 is 11.5 Å². The first-order valence-electron chi connectivity index (χ1n) is 5.79. The molecular weight excluding hydrogens is 312 g/mol. The highest BCUT2D eigenvalue weighted by atomic mass is 31.2. The number of rotatable bonds is 10. The van der Waals surface area contributed by atoms with Gasteiger partial charge in [-0.1, -0.05) is 6.42 Å². The summed E-state index contributed by atoms with van der Waals surface area (Å²) in [4.78, 5) is 47.8. The predicted molar refractivity (Wildman–Crippen MR) is 71.5 cm³/mol. The molecule has 1 amide bonds. The van der Waals surface area contributed by atoms with Crippen LogP contribution in [0.2, 0.25) is 0 Å². The summed E-state index contributed by atoms with van der Waals surface area (Å²) < 4.78 is 22.0. The lowest BCUT2D eigenvalue weighted by Gasteiger charge is -2.29. The molecule has 0 bridgehead atoms. The Labute approximate surface area is 116 Å². The summed E-state index contributed by atoms with van der Waals surface area (Å²) in [6.07, 6.45) is -0.776. The Bertz CT molecular complexity index is 383. The van der Waals surface area contributed by atoms with Crippen LogP contribution in [0.4, 0.5) is 0 Å². The summed E-state index contributed by atoms with van der Waals surface area (Å²) in [7, 11) is -9.18. The minimum absolute atomic E-state index is 0.118. The van der Waals surface area contributed by atoms with Crippen LogP contribution in [0, 0.1) is 0 Å². The average Bonchev–Trinajstić information content (AvgIpc) is 2.18. The summed E-state index contributed by atoms with van der Waals surface area (Å²) in [5.41, 5.74) is 10.4. The second kappa shape index (κ2) is 8.21. The van der Waals surface area contributed by atoms with E-state index in [2.05, 4.69) is 0 Å². The summed E-state index contributed by atoms with van der Waals surface area (Å²) in [5, 5.41) is 0. The van der Waals surface area contributed by atoms with E-state index in [1.807, 2.05) is 0 Å². The maximum absolute atomic E-state index is 11.4. The quantitative estimate of drug-likeness (QED) is 0.205. The lowest BCUT2D eigenvalue weighted by Crippen LogP contribution is -2.45. The summed E-state index contributed by atoms with van der Waals surface area (Å²) in [6.45, 7) is 0.364. The molecular formula is C8H21N3O7P2. The SMILES string of the molecule is NCCCC[C@@H](C(N)=O)N(CP(=O)(O)O)CP(=O)(O)O. The maximum Gasteiger partial charge on any atom is 0.339 e. The van der Waals surface area contributed by atoms with Crippen LogP contribution in [0.15, 0.2) is 0 Å². The number of nitrogens with zero attached hydrogens (tertiary/aromatic N) is 1. The molecule has 0 fully saturated rings. The minimum Gasteiger partial charge on any atom is -0.368 e. The second-order valence-corrected chi connectivity index (χ2v) is 7.63. The van der Waals surface area contributed by atoms with Crippen molar-refractivity contribution in [3.05, 3.63) is 0 Å². The number of amides is 1. The fourth-order valence-corrected chi connectivity index (χ4v) is 3.40. The van der Waals surface area contributed by atoms with Gasteiger partial charge in [0.25, 0.3) is 0 Å². The Hall–Kier alpha value is -0.310. The van der Waals surface area contributed by atoms with Crippen LogP contribution in [0.1, 0.15) is 19.3 Å². The van der Waals surface area contributed by atoms with E-state index in [1.165, 1.54) is 0 Å². The molecule has 0 saturated heterocycles. The molecule has 0 aliphatic rings. The van der Waals surface area contributed by atoms with Gasteiger partial charge in [0, 0.05) is 0 Å². The zero-order chi connectivity index (χ0) is 16.0. The smallest absolute Gasteiger partial charge is 0.339 e. The van der Waals surface area contributed by atoms with E-state index in [9.17, 15) is 13.9 Å². The lowest BCUT2D eigenvalue weighted by molar-refractivity contribution is -0.123. The van der Waals surface area contributed by atoms with Gasteiger partial charge in [0.1, 0.15) is 12.6 Å². The molecule has 0 aromatic rings. The van der Waals surface area contributed by atoms with Gasteiger partial charge in [-0.2, -0.15) is 0 Å². The van der Waals surface area contributed by atoms with Crippen LogP contribution in [-0.2, 0) is 13.9 Å². The first kappa shape index (κ1) is 19.7. The van der Waals surface area contributed by atoms with E-state index in [1.54, 1.807) is 0 Å². The van der Waals surface area contributed by atoms with Crippen LogP contribution >= 0.6 is 15.2 Å². The van der Waals surface area contributed by atoms with E-state index in [4.69, 9.17) is 31.0 Å². The normalized spacial score (nSPS) is 14.5. The largest absolute Gasteiger partial charge is 0.368 e. The van der Waals surface area contributed by atoms with Gasteiger partial charge in [-0.15, -0.1) is 0 Å². The van der Waals surface area contributed by atoms with Gasteiger partial charge in [-0.3, -0.25) is 18.8 Å². The highest BCUT2D eigenvalue weighted by Gasteiger charge is 2.33. The fourth-order valence-electron chi connectivity index (χ4n) is 1.70. The topological polar surface area (TPSA) is 187 Å². The number of unbranched alkanes of at least 4 members (excludes halogenated alkanes) is 1. The van der Waals surface area contributed by atoms with Gasteiger partial charge >= 0.3 is 15.2 Å². The van der Waals surface area contributed by atoms with Gasteiger partial charge in [-0.25, -0.2) is 0 Å². The lowest BCUT2D eigenvalue weighted by atomic mass is 10.1. The van der Waals surface area contributed by atoms with Crippen LogP contribution in [0.5, 0.6) is 0 Å². The summed E-state index contributed by atoms with van der Waals surface area (Å²) >= 11 is 0. The molecule has 0 rings (SSSR count). The Morgan fingerprint density at radius 3 is 1.80 bits per heavy atom. The van der Waals surface area contributed by atoms with Gasteiger partial charge in [-0.05, 0) is 19.4 Å². The Morgan fingerprint density at radius 1 is 1.05 bits per heavy atom. The molecule has 0 heterocycles. The molecule has 20 heavy (non-hydrogen) atoms. The predicted octanol–water partition coefficient (Wildman–Crippen LogP) is -1.46. The van der Waals surface area contributed by atoms with Gasteiger partial charge < -0.3 is 31.0 Å². The number of carbonyl (C=O) groups is 1. The Kier molecular flexibility index (Phi) is 8.08. The fraction of sp³-hybridized carbons (Fsp3) is 0.875. The maximum atomic E-state index is 11.4. The monoisotopic (exact) mass is 333 g/mol. The molecule has 0 aromatic carbocycles. The number of carbonyl (C=O) groups excluding carboxylic acids is 1.